The zero-order chi connectivity index (χ0) is 18.0. The molecule has 0 radical (unpaired) electrons. The molecule has 0 saturated carbocycles. The number of likely N-dealkylation sites (tertiary alicyclic amines) is 2. The lowest BCUT2D eigenvalue weighted by Crippen LogP contribution is -2.54. The molecule has 3 saturated heterocycles. The van der Waals surface area contributed by atoms with Crippen LogP contribution in [0.3, 0.4) is 0 Å². The molecule has 3 aliphatic rings. The van der Waals surface area contributed by atoms with Crippen LogP contribution < -0.4 is 0 Å². The van der Waals surface area contributed by atoms with Gasteiger partial charge in [-0.05, 0) is 43.7 Å². The van der Waals surface area contributed by atoms with Crippen molar-refractivity contribution in [3.8, 4) is 0 Å². The van der Waals surface area contributed by atoms with Crippen molar-refractivity contribution in [2.45, 2.75) is 50.6 Å². The highest BCUT2D eigenvalue weighted by molar-refractivity contribution is 5.81. The Morgan fingerprint density at radius 2 is 2.00 bits per heavy atom. The number of ether oxygens (including phenoxy) is 1. The normalized spacial score (nSPS) is 23.6. The summed E-state index contributed by atoms with van der Waals surface area (Å²) in [6.45, 7) is 3.53. The van der Waals surface area contributed by atoms with Crippen LogP contribution in [0.15, 0.2) is 24.5 Å². The maximum absolute atomic E-state index is 12.8. The lowest BCUT2D eigenvalue weighted by molar-refractivity contribution is -0.142. The number of carbonyl (C=O) groups excluding carboxylic acids is 2. The Balaban J connectivity index is 1.41. The van der Waals surface area contributed by atoms with E-state index in [0.717, 1.165) is 50.8 Å². The van der Waals surface area contributed by atoms with E-state index in [9.17, 15) is 9.59 Å². The number of aromatic nitrogens is 1. The summed E-state index contributed by atoms with van der Waals surface area (Å²) in [7, 11) is 0. The lowest BCUT2D eigenvalue weighted by atomic mass is 9.84. The highest BCUT2D eigenvalue weighted by Crippen LogP contribution is 2.40. The van der Waals surface area contributed by atoms with Gasteiger partial charge in [0.15, 0.2) is 0 Å². The molecule has 4 heterocycles. The maximum atomic E-state index is 12.8. The van der Waals surface area contributed by atoms with Gasteiger partial charge in [0.1, 0.15) is 0 Å². The molecule has 140 valence electrons. The molecule has 0 bridgehead atoms. The van der Waals surface area contributed by atoms with Crippen molar-refractivity contribution in [3.05, 3.63) is 30.1 Å². The monoisotopic (exact) mass is 357 g/mol. The van der Waals surface area contributed by atoms with Crippen LogP contribution in [0.1, 0.15) is 44.1 Å². The molecule has 3 aliphatic heterocycles. The van der Waals surface area contributed by atoms with Crippen molar-refractivity contribution < 1.29 is 14.3 Å². The van der Waals surface area contributed by atoms with Crippen LogP contribution in [0.4, 0.5) is 0 Å². The van der Waals surface area contributed by atoms with Crippen molar-refractivity contribution in [2.75, 3.05) is 26.3 Å². The van der Waals surface area contributed by atoms with E-state index >= 15 is 0 Å². The smallest absolute Gasteiger partial charge is 0.225 e. The molecule has 2 amide bonds. The van der Waals surface area contributed by atoms with Gasteiger partial charge in [-0.1, -0.05) is 6.07 Å². The van der Waals surface area contributed by atoms with Crippen LogP contribution >= 0.6 is 0 Å². The Kier molecular flexibility index (Phi) is 4.94. The van der Waals surface area contributed by atoms with Gasteiger partial charge in [-0.25, -0.2) is 0 Å². The molecule has 6 heteroatoms. The van der Waals surface area contributed by atoms with Crippen molar-refractivity contribution in [2.24, 2.45) is 5.92 Å². The SMILES string of the molecule is O=C(C1CCOCC1)N1CCC2(CCC(=O)N2Cc2cccnc2)CC1. The summed E-state index contributed by atoms with van der Waals surface area (Å²) >= 11 is 0. The summed E-state index contributed by atoms with van der Waals surface area (Å²) in [5, 5.41) is 0. The molecule has 0 atom stereocenters. The van der Waals surface area contributed by atoms with Crippen LogP contribution in [-0.4, -0.2) is 58.4 Å². The molecule has 4 rings (SSSR count). The number of hydrogen-bond acceptors (Lipinski definition) is 4. The van der Waals surface area contributed by atoms with E-state index in [4.69, 9.17) is 4.74 Å². The highest BCUT2D eigenvalue weighted by atomic mass is 16.5. The molecule has 6 nitrogen and oxygen atoms in total. The fraction of sp³-hybridized carbons (Fsp3) is 0.650. The van der Waals surface area contributed by atoms with Crippen LogP contribution in [0.2, 0.25) is 0 Å². The van der Waals surface area contributed by atoms with Crippen molar-refractivity contribution in [3.63, 3.8) is 0 Å². The minimum absolute atomic E-state index is 0.0839. The Labute approximate surface area is 154 Å². The minimum atomic E-state index is -0.0839. The van der Waals surface area contributed by atoms with Crippen LogP contribution in [0.5, 0.6) is 0 Å². The van der Waals surface area contributed by atoms with Gasteiger partial charge in [0, 0.05) is 63.1 Å². The second-order valence-electron chi connectivity index (χ2n) is 7.78. The van der Waals surface area contributed by atoms with E-state index in [2.05, 4.69) is 9.88 Å². The molecule has 1 aromatic heterocycles. The van der Waals surface area contributed by atoms with Gasteiger partial charge in [-0.3, -0.25) is 14.6 Å². The second kappa shape index (κ2) is 7.35. The van der Waals surface area contributed by atoms with Crippen molar-refractivity contribution in [1.29, 1.82) is 0 Å². The number of piperidine rings is 1. The van der Waals surface area contributed by atoms with Gasteiger partial charge in [-0.15, -0.1) is 0 Å². The first kappa shape index (κ1) is 17.5. The van der Waals surface area contributed by atoms with Crippen LogP contribution in [-0.2, 0) is 20.9 Å². The summed E-state index contributed by atoms with van der Waals surface area (Å²) < 4.78 is 5.38. The van der Waals surface area contributed by atoms with E-state index in [1.807, 2.05) is 23.2 Å². The largest absolute Gasteiger partial charge is 0.381 e. The van der Waals surface area contributed by atoms with E-state index in [-0.39, 0.29) is 23.3 Å². The van der Waals surface area contributed by atoms with Crippen LogP contribution in [0, 0.1) is 5.92 Å². The number of pyridine rings is 1. The first-order chi connectivity index (χ1) is 12.7. The number of nitrogens with zero attached hydrogens (tertiary/aromatic N) is 3. The fourth-order valence-corrected chi connectivity index (χ4v) is 4.67. The Morgan fingerprint density at radius 3 is 2.69 bits per heavy atom. The number of carbonyl (C=O) groups is 2. The van der Waals surface area contributed by atoms with Crippen molar-refractivity contribution in [1.82, 2.24) is 14.8 Å². The minimum Gasteiger partial charge on any atom is -0.381 e. The Hall–Kier alpha value is -1.95. The molecule has 0 aliphatic carbocycles. The summed E-state index contributed by atoms with van der Waals surface area (Å²) in [4.78, 5) is 33.5. The van der Waals surface area contributed by atoms with E-state index in [1.54, 1.807) is 6.20 Å². The zero-order valence-electron chi connectivity index (χ0n) is 15.2. The van der Waals surface area contributed by atoms with E-state index < -0.39 is 0 Å². The number of rotatable bonds is 3. The van der Waals surface area contributed by atoms with Gasteiger partial charge in [-0.2, -0.15) is 0 Å². The molecule has 0 aromatic carbocycles. The standard InChI is InChI=1S/C20H27N3O3/c24-18-3-6-20(23(18)15-16-2-1-9-21-14-16)7-10-22(11-8-20)19(25)17-4-12-26-13-5-17/h1-2,9,14,17H,3-8,10-13,15H2. The van der Waals surface area contributed by atoms with E-state index in [1.165, 1.54) is 0 Å². The first-order valence-corrected chi connectivity index (χ1v) is 9.74. The third-order valence-corrected chi connectivity index (χ3v) is 6.32. The van der Waals surface area contributed by atoms with Gasteiger partial charge < -0.3 is 14.5 Å². The van der Waals surface area contributed by atoms with Gasteiger partial charge >= 0.3 is 0 Å². The predicted octanol–water partition coefficient (Wildman–Crippen LogP) is 1.99. The highest BCUT2D eigenvalue weighted by Gasteiger charge is 2.47. The summed E-state index contributed by atoms with van der Waals surface area (Å²) in [6, 6.07) is 3.94. The fourth-order valence-electron chi connectivity index (χ4n) is 4.67. The molecule has 0 unspecified atom stereocenters. The number of hydrogen-bond donors (Lipinski definition) is 0. The molecule has 1 aromatic rings. The second-order valence-corrected chi connectivity index (χ2v) is 7.78. The summed E-state index contributed by atoms with van der Waals surface area (Å²) in [5.74, 6) is 0.638. The molecule has 26 heavy (non-hydrogen) atoms. The van der Waals surface area contributed by atoms with Crippen molar-refractivity contribution >= 4 is 11.8 Å². The van der Waals surface area contributed by atoms with Gasteiger partial charge in [0.2, 0.25) is 11.8 Å². The number of amides is 2. The average Bonchev–Trinajstić information content (AvgIpc) is 2.99. The van der Waals surface area contributed by atoms with Gasteiger partial charge in [0.05, 0.1) is 0 Å². The zero-order valence-corrected chi connectivity index (χ0v) is 15.2. The Bertz CT molecular complexity index is 650. The van der Waals surface area contributed by atoms with E-state index in [0.29, 0.717) is 26.2 Å². The van der Waals surface area contributed by atoms with Crippen LogP contribution in [0.25, 0.3) is 0 Å². The third-order valence-electron chi connectivity index (χ3n) is 6.32. The molecule has 3 fully saturated rings. The molecular weight excluding hydrogens is 330 g/mol. The van der Waals surface area contributed by atoms with Gasteiger partial charge in [0.25, 0.3) is 0 Å². The maximum Gasteiger partial charge on any atom is 0.225 e. The quantitative estimate of drug-likeness (QED) is 0.830. The third kappa shape index (κ3) is 3.34. The topological polar surface area (TPSA) is 62.7 Å². The first-order valence-electron chi connectivity index (χ1n) is 9.74. The average molecular weight is 357 g/mol. The summed E-state index contributed by atoms with van der Waals surface area (Å²) in [5.41, 5.74) is 0.988. The summed E-state index contributed by atoms with van der Waals surface area (Å²) in [6.07, 6.45) is 8.56. The molecule has 1 spiro atoms. The molecular formula is C20H27N3O3. The Morgan fingerprint density at radius 1 is 1.23 bits per heavy atom. The lowest BCUT2D eigenvalue weighted by Gasteiger charge is -2.45. The predicted molar refractivity (Wildman–Crippen MR) is 96.1 cm³/mol. The molecule has 0 N–H and O–H groups in total.